The van der Waals surface area contributed by atoms with Crippen LogP contribution in [-0.4, -0.2) is 20.1 Å². The van der Waals surface area contributed by atoms with Gasteiger partial charge in [-0.3, -0.25) is 4.79 Å². The van der Waals surface area contributed by atoms with Gasteiger partial charge in [-0.25, -0.2) is 0 Å². The van der Waals surface area contributed by atoms with Crippen LogP contribution in [0.5, 0.6) is 17.2 Å². The first-order chi connectivity index (χ1) is 13.6. The molecule has 1 N–H and O–H groups in total. The molecular weight excluding hydrogens is 378 g/mol. The Morgan fingerprint density at radius 3 is 2.32 bits per heavy atom. The summed E-state index contributed by atoms with van der Waals surface area (Å²) in [6, 6.07) is 19.6. The molecule has 0 fully saturated rings. The van der Waals surface area contributed by atoms with Gasteiger partial charge in [0.25, 0.3) is 5.91 Å². The highest BCUT2D eigenvalue weighted by atomic mass is 35.5. The Bertz CT molecular complexity index is 957. The number of methoxy groups -OCH3 is 2. The van der Waals surface area contributed by atoms with Crippen molar-refractivity contribution in [3.63, 3.8) is 0 Å². The summed E-state index contributed by atoms with van der Waals surface area (Å²) in [4.78, 5) is 12.5. The predicted molar refractivity (Wildman–Crippen MR) is 110 cm³/mol. The Balaban J connectivity index is 1.63. The normalized spacial score (nSPS) is 10.2. The highest BCUT2D eigenvalue weighted by molar-refractivity contribution is 6.31. The van der Waals surface area contributed by atoms with Gasteiger partial charge >= 0.3 is 0 Å². The van der Waals surface area contributed by atoms with E-state index in [0.717, 1.165) is 5.56 Å². The van der Waals surface area contributed by atoms with Gasteiger partial charge in [-0.1, -0.05) is 29.8 Å². The number of carbonyl (C=O) groups is 1. The Morgan fingerprint density at radius 1 is 0.929 bits per heavy atom. The number of rotatable bonds is 7. The van der Waals surface area contributed by atoms with Crippen molar-refractivity contribution >= 4 is 23.2 Å². The van der Waals surface area contributed by atoms with E-state index in [0.29, 0.717) is 40.1 Å². The number of amides is 1. The molecule has 28 heavy (non-hydrogen) atoms. The third-order valence-corrected chi connectivity index (χ3v) is 4.48. The number of anilines is 1. The number of ether oxygens (including phenoxy) is 3. The molecule has 0 saturated heterocycles. The van der Waals surface area contributed by atoms with Crippen molar-refractivity contribution in [2.75, 3.05) is 19.5 Å². The van der Waals surface area contributed by atoms with Crippen molar-refractivity contribution < 1.29 is 19.0 Å². The van der Waals surface area contributed by atoms with Crippen molar-refractivity contribution in [3.8, 4) is 17.2 Å². The summed E-state index contributed by atoms with van der Waals surface area (Å²) < 4.78 is 16.2. The molecule has 0 aromatic heterocycles. The number of carbonyl (C=O) groups excluding carboxylic acids is 1. The van der Waals surface area contributed by atoms with Crippen LogP contribution in [0, 0.1) is 0 Å². The molecule has 0 heterocycles. The third kappa shape index (κ3) is 4.75. The SMILES string of the molecule is COc1ccc(NC(=O)c2ccc(OCc3ccccc3Cl)cc2)cc1OC. The average molecular weight is 398 g/mol. The van der Waals surface area contributed by atoms with E-state index in [1.807, 2.05) is 24.3 Å². The molecule has 3 aromatic rings. The van der Waals surface area contributed by atoms with Gasteiger partial charge in [0.2, 0.25) is 0 Å². The fourth-order valence-corrected chi connectivity index (χ4v) is 2.79. The summed E-state index contributed by atoms with van der Waals surface area (Å²) in [7, 11) is 3.11. The fourth-order valence-electron chi connectivity index (χ4n) is 2.60. The van der Waals surface area contributed by atoms with Crippen LogP contribution in [-0.2, 0) is 6.61 Å². The first-order valence-corrected chi connectivity index (χ1v) is 8.98. The molecule has 144 valence electrons. The molecular formula is C22H20ClNO4. The minimum absolute atomic E-state index is 0.232. The summed E-state index contributed by atoms with van der Waals surface area (Å²) in [6.07, 6.45) is 0. The van der Waals surface area contributed by atoms with Crippen molar-refractivity contribution in [2.24, 2.45) is 0 Å². The van der Waals surface area contributed by atoms with E-state index >= 15 is 0 Å². The second kappa shape index (κ2) is 9.15. The molecule has 0 aliphatic carbocycles. The molecule has 3 rings (SSSR count). The topological polar surface area (TPSA) is 56.8 Å². The second-order valence-electron chi connectivity index (χ2n) is 5.93. The Morgan fingerprint density at radius 2 is 1.64 bits per heavy atom. The fraction of sp³-hybridized carbons (Fsp3) is 0.136. The zero-order chi connectivity index (χ0) is 19.9. The van der Waals surface area contributed by atoms with E-state index in [-0.39, 0.29) is 5.91 Å². The number of hydrogen-bond acceptors (Lipinski definition) is 4. The number of hydrogen-bond donors (Lipinski definition) is 1. The Hall–Kier alpha value is -3.18. The van der Waals surface area contributed by atoms with Gasteiger partial charge in [0.15, 0.2) is 11.5 Å². The lowest BCUT2D eigenvalue weighted by Gasteiger charge is -2.11. The van der Waals surface area contributed by atoms with Gasteiger partial charge in [-0.15, -0.1) is 0 Å². The van der Waals surface area contributed by atoms with Crippen LogP contribution in [0.3, 0.4) is 0 Å². The maximum atomic E-state index is 12.5. The molecule has 0 spiro atoms. The van der Waals surface area contributed by atoms with Crippen molar-refractivity contribution in [3.05, 3.63) is 82.9 Å². The molecule has 0 atom stereocenters. The van der Waals surface area contributed by atoms with E-state index < -0.39 is 0 Å². The monoisotopic (exact) mass is 397 g/mol. The van der Waals surface area contributed by atoms with Crippen LogP contribution >= 0.6 is 11.6 Å². The molecule has 0 saturated carbocycles. The lowest BCUT2D eigenvalue weighted by molar-refractivity contribution is 0.102. The molecule has 0 aliphatic rings. The number of benzene rings is 3. The molecule has 5 nitrogen and oxygen atoms in total. The molecule has 0 radical (unpaired) electrons. The van der Waals surface area contributed by atoms with Crippen molar-refractivity contribution in [2.45, 2.75) is 6.61 Å². The highest BCUT2D eigenvalue weighted by Gasteiger charge is 2.10. The van der Waals surface area contributed by atoms with Gasteiger partial charge < -0.3 is 19.5 Å². The quantitative estimate of drug-likeness (QED) is 0.596. The lowest BCUT2D eigenvalue weighted by Crippen LogP contribution is -2.12. The van der Waals surface area contributed by atoms with Gasteiger partial charge in [0.05, 0.1) is 14.2 Å². The van der Waals surface area contributed by atoms with Crippen LogP contribution < -0.4 is 19.5 Å². The van der Waals surface area contributed by atoms with Crippen LogP contribution in [0.4, 0.5) is 5.69 Å². The second-order valence-corrected chi connectivity index (χ2v) is 6.34. The van der Waals surface area contributed by atoms with Crippen LogP contribution in [0.25, 0.3) is 0 Å². The zero-order valence-electron chi connectivity index (χ0n) is 15.6. The minimum Gasteiger partial charge on any atom is -0.493 e. The molecule has 0 aliphatic heterocycles. The van der Waals surface area contributed by atoms with E-state index in [1.165, 1.54) is 0 Å². The first-order valence-electron chi connectivity index (χ1n) is 8.60. The summed E-state index contributed by atoms with van der Waals surface area (Å²) in [5.74, 6) is 1.57. The minimum atomic E-state index is -0.232. The number of halogens is 1. The summed E-state index contributed by atoms with van der Waals surface area (Å²) in [5.41, 5.74) is 2.03. The Kier molecular flexibility index (Phi) is 6.40. The molecule has 0 unspecified atom stereocenters. The zero-order valence-corrected chi connectivity index (χ0v) is 16.3. The summed E-state index contributed by atoms with van der Waals surface area (Å²) in [5, 5.41) is 3.50. The summed E-state index contributed by atoms with van der Waals surface area (Å²) >= 11 is 6.13. The predicted octanol–water partition coefficient (Wildman–Crippen LogP) is 5.19. The van der Waals surface area contributed by atoms with Crippen LogP contribution in [0.15, 0.2) is 66.7 Å². The van der Waals surface area contributed by atoms with Gasteiger partial charge in [0.1, 0.15) is 12.4 Å². The number of nitrogens with one attached hydrogen (secondary N) is 1. The van der Waals surface area contributed by atoms with Crippen molar-refractivity contribution in [1.82, 2.24) is 0 Å². The van der Waals surface area contributed by atoms with E-state index in [2.05, 4.69) is 5.32 Å². The van der Waals surface area contributed by atoms with E-state index in [4.69, 9.17) is 25.8 Å². The van der Waals surface area contributed by atoms with Gasteiger partial charge in [0, 0.05) is 27.9 Å². The lowest BCUT2D eigenvalue weighted by atomic mass is 10.2. The molecule has 3 aromatic carbocycles. The molecule has 1 amide bonds. The van der Waals surface area contributed by atoms with Gasteiger partial charge in [-0.2, -0.15) is 0 Å². The van der Waals surface area contributed by atoms with Gasteiger partial charge in [-0.05, 0) is 42.5 Å². The third-order valence-electron chi connectivity index (χ3n) is 4.11. The van der Waals surface area contributed by atoms with E-state index in [9.17, 15) is 4.79 Å². The van der Waals surface area contributed by atoms with Crippen LogP contribution in [0.1, 0.15) is 15.9 Å². The Labute approximate surface area is 168 Å². The largest absolute Gasteiger partial charge is 0.493 e. The van der Waals surface area contributed by atoms with Crippen molar-refractivity contribution in [1.29, 1.82) is 0 Å². The first kappa shape index (κ1) is 19.6. The van der Waals surface area contributed by atoms with E-state index in [1.54, 1.807) is 56.7 Å². The summed E-state index contributed by atoms with van der Waals surface area (Å²) in [6.45, 7) is 0.358. The highest BCUT2D eigenvalue weighted by Crippen LogP contribution is 2.30. The smallest absolute Gasteiger partial charge is 0.255 e. The molecule has 0 bridgehead atoms. The maximum Gasteiger partial charge on any atom is 0.255 e. The standard InChI is InChI=1S/C22H20ClNO4/c1-26-20-12-9-17(13-21(20)27-2)24-22(25)15-7-10-18(11-8-15)28-14-16-5-3-4-6-19(16)23/h3-13H,14H2,1-2H3,(H,24,25). The molecule has 6 heteroatoms. The average Bonchev–Trinajstić information content (AvgIpc) is 2.73. The van der Waals surface area contributed by atoms with Crippen LogP contribution in [0.2, 0.25) is 5.02 Å². The maximum absolute atomic E-state index is 12.5.